The average Bonchev–Trinajstić information content (AvgIpc) is 2.73. The molecule has 0 aromatic carbocycles. The summed E-state index contributed by atoms with van der Waals surface area (Å²) in [6.45, 7) is 4.10. The van der Waals surface area contributed by atoms with E-state index in [-0.39, 0.29) is 0 Å². The standard InChI is InChI=1S/C12H14BrClN4/c1-4-8-7(6-18(3)17-8)12-15-9(5-2)10(13)11(14)16-12/h6H,4-5H2,1-3H3. The molecule has 0 radical (unpaired) electrons. The van der Waals surface area contributed by atoms with Gasteiger partial charge in [-0.3, -0.25) is 4.68 Å². The van der Waals surface area contributed by atoms with Gasteiger partial charge in [0.15, 0.2) is 5.82 Å². The van der Waals surface area contributed by atoms with Gasteiger partial charge in [0.1, 0.15) is 5.15 Å². The Balaban J connectivity index is 2.60. The largest absolute Gasteiger partial charge is 0.275 e. The molecular weight excluding hydrogens is 316 g/mol. The first-order valence-corrected chi connectivity index (χ1v) is 6.98. The molecule has 0 aliphatic rings. The van der Waals surface area contributed by atoms with Crippen LogP contribution in [-0.2, 0) is 19.9 Å². The summed E-state index contributed by atoms with van der Waals surface area (Å²) in [6.07, 6.45) is 3.57. The van der Waals surface area contributed by atoms with E-state index in [1.807, 2.05) is 20.2 Å². The summed E-state index contributed by atoms with van der Waals surface area (Å²) < 4.78 is 2.55. The van der Waals surface area contributed by atoms with Gasteiger partial charge in [-0.25, -0.2) is 9.97 Å². The molecule has 0 N–H and O–H groups in total. The molecule has 2 heterocycles. The second-order valence-corrected chi connectivity index (χ2v) is 5.12. The van der Waals surface area contributed by atoms with Crippen LogP contribution in [0.1, 0.15) is 25.2 Å². The summed E-state index contributed by atoms with van der Waals surface area (Å²) in [5, 5.41) is 4.84. The van der Waals surface area contributed by atoms with Crippen LogP contribution >= 0.6 is 27.5 Å². The van der Waals surface area contributed by atoms with Crippen molar-refractivity contribution >= 4 is 27.5 Å². The van der Waals surface area contributed by atoms with Crippen LogP contribution in [0.5, 0.6) is 0 Å². The van der Waals surface area contributed by atoms with Crippen LogP contribution in [0.3, 0.4) is 0 Å². The number of aromatic nitrogens is 4. The van der Waals surface area contributed by atoms with E-state index in [0.29, 0.717) is 11.0 Å². The SMILES string of the molecule is CCc1nn(C)cc1-c1nc(Cl)c(Br)c(CC)n1. The van der Waals surface area contributed by atoms with Gasteiger partial charge in [0.05, 0.1) is 21.4 Å². The summed E-state index contributed by atoms with van der Waals surface area (Å²) in [7, 11) is 1.89. The van der Waals surface area contributed by atoms with Crippen LogP contribution < -0.4 is 0 Å². The maximum Gasteiger partial charge on any atom is 0.164 e. The second-order valence-electron chi connectivity index (χ2n) is 3.97. The van der Waals surface area contributed by atoms with Crippen molar-refractivity contribution in [1.29, 1.82) is 0 Å². The maximum absolute atomic E-state index is 6.12. The minimum absolute atomic E-state index is 0.447. The minimum atomic E-state index is 0.447. The van der Waals surface area contributed by atoms with E-state index in [1.165, 1.54) is 0 Å². The Labute approximate surface area is 120 Å². The Kier molecular flexibility index (Phi) is 4.02. The molecule has 0 saturated carbocycles. The monoisotopic (exact) mass is 328 g/mol. The topological polar surface area (TPSA) is 43.6 Å². The van der Waals surface area contributed by atoms with Crippen LogP contribution in [0.25, 0.3) is 11.4 Å². The van der Waals surface area contributed by atoms with E-state index in [2.05, 4.69) is 37.9 Å². The summed E-state index contributed by atoms with van der Waals surface area (Å²) in [5.74, 6) is 0.644. The van der Waals surface area contributed by atoms with Gasteiger partial charge < -0.3 is 0 Å². The summed E-state index contributed by atoms with van der Waals surface area (Å²) in [6, 6.07) is 0. The van der Waals surface area contributed by atoms with Gasteiger partial charge in [0.2, 0.25) is 0 Å². The van der Waals surface area contributed by atoms with Crippen molar-refractivity contribution in [3.63, 3.8) is 0 Å². The Hall–Kier alpha value is -0.940. The quantitative estimate of drug-likeness (QED) is 0.810. The molecular formula is C12H14BrClN4. The lowest BCUT2D eigenvalue weighted by Crippen LogP contribution is -1.98. The Bertz CT molecular complexity index is 580. The van der Waals surface area contributed by atoms with E-state index in [1.54, 1.807) is 4.68 Å². The number of halogens is 2. The molecule has 0 amide bonds. The van der Waals surface area contributed by atoms with Crippen molar-refractivity contribution in [2.75, 3.05) is 0 Å². The number of aryl methyl sites for hydroxylation is 3. The van der Waals surface area contributed by atoms with Crippen molar-refractivity contribution in [3.8, 4) is 11.4 Å². The van der Waals surface area contributed by atoms with Crippen LogP contribution in [0.15, 0.2) is 10.7 Å². The zero-order valence-corrected chi connectivity index (χ0v) is 12.9. The fraction of sp³-hybridized carbons (Fsp3) is 0.417. The zero-order valence-electron chi connectivity index (χ0n) is 10.5. The van der Waals surface area contributed by atoms with Crippen LogP contribution in [-0.4, -0.2) is 19.7 Å². The summed E-state index contributed by atoms with van der Waals surface area (Å²) in [5.41, 5.74) is 2.85. The third kappa shape index (κ3) is 2.42. The molecule has 0 aliphatic heterocycles. The van der Waals surface area contributed by atoms with Gasteiger partial charge in [0, 0.05) is 13.2 Å². The van der Waals surface area contributed by atoms with Gasteiger partial charge in [-0.05, 0) is 28.8 Å². The van der Waals surface area contributed by atoms with E-state index in [0.717, 1.165) is 34.3 Å². The number of hydrogen-bond donors (Lipinski definition) is 0. The molecule has 0 fully saturated rings. The first-order chi connectivity index (χ1) is 8.56. The van der Waals surface area contributed by atoms with E-state index in [4.69, 9.17) is 11.6 Å². The van der Waals surface area contributed by atoms with Crippen molar-refractivity contribution in [2.24, 2.45) is 7.05 Å². The average molecular weight is 330 g/mol. The van der Waals surface area contributed by atoms with Crippen molar-refractivity contribution < 1.29 is 0 Å². The highest BCUT2D eigenvalue weighted by Gasteiger charge is 2.15. The highest BCUT2D eigenvalue weighted by atomic mass is 79.9. The predicted molar refractivity (Wildman–Crippen MR) is 75.7 cm³/mol. The molecule has 96 valence electrons. The molecule has 0 unspecified atom stereocenters. The lowest BCUT2D eigenvalue weighted by atomic mass is 10.2. The van der Waals surface area contributed by atoms with Crippen molar-refractivity contribution in [2.45, 2.75) is 26.7 Å². The molecule has 0 aliphatic carbocycles. The molecule has 2 aromatic rings. The third-order valence-corrected chi connectivity index (χ3v) is 4.03. The molecule has 2 aromatic heterocycles. The summed E-state index contributed by atoms with van der Waals surface area (Å²) >= 11 is 9.53. The molecule has 4 nitrogen and oxygen atoms in total. The van der Waals surface area contributed by atoms with Crippen LogP contribution in [0.2, 0.25) is 5.15 Å². The third-order valence-electron chi connectivity index (χ3n) is 2.70. The Morgan fingerprint density at radius 2 is 1.89 bits per heavy atom. The molecule has 0 spiro atoms. The van der Waals surface area contributed by atoms with Gasteiger partial charge in [-0.1, -0.05) is 25.4 Å². The normalized spacial score (nSPS) is 10.9. The highest BCUT2D eigenvalue weighted by Crippen LogP contribution is 2.28. The molecule has 6 heteroatoms. The van der Waals surface area contributed by atoms with Crippen molar-refractivity contribution in [1.82, 2.24) is 19.7 Å². The van der Waals surface area contributed by atoms with E-state index in [9.17, 15) is 0 Å². The van der Waals surface area contributed by atoms with Crippen molar-refractivity contribution in [3.05, 3.63) is 27.2 Å². The zero-order chi connectivity index (χ0) is 13.3. The molecule has 0 bridgehead atoms. The van der Waals surface area contributed by atoms with E-state index >= 15 is 0 Å². The molecule has 0 saturated heterocycles. The number of hydrogen-bond acceptors (Lipinski definition) is 3. The molecule has 18 heavy (non-hydrogen) atoms. The Morgan fingerprint density at radius 1 is 1.22 bits per heavy atom. The second kappa shape index (κ2) is 5.36. The first-order valence-electron chi connectivity index (χ1n) is 5.81. The number of rotatable bonds is 3. The smallest absolute Gasteiger partial charge is 0.164 e. The first kappa shape index (κ1) is 13.5. The highest BCUT2D eigenvalue weighted by molar-refractivity contribution is 9.10. The van der Waals surface area contributed by atoms with Gasteiger partial charge in [0.25, 0.3) is 0 Å². The Morgan fingerprint density at radius 3 is 2.50 bits per heavy atom. The molecule has 0 atom stereocenters. The lowest BCUT2D eigenvalue weighted by Gasteiger charge is -2.06. The van der Waals surface area contributed by atoms with Gasteiger partial charge in [-0.2, -0.15) is 5.10 Å². The van der Waals surface area contributed by atoms with Gasteiger partial charge in [-0.15, -0.1) is 0 Å². The maximum atomic E-state index is 6.12. The lowest BCUT2D eigenvalue weighted by molar-refractivity contribution is 0.746. The fourth-order valence-electron chi connectivity index (χ4n) is 1.80. The van der Waals surface area contributed by atoms with Crippen LogP contribution in [0, 0.1) is 0 Å². The van der Waals surface area contributed by atoms with Crippen LogP contribution in [0.4, 0.5) is 0 Å². The minimum Gasteiger partial charge on any atom is -0.275 e. The summed E-state index contributed by atoms with van der Waals surface area (Å²) in [4.78, 5) is 8.88. The molecule has 2 rings (SSSR count). The number of nitrogens with zero attached hydrogens (tertiary/aromatic N) is 4. The van der Waals surface area contributed by atoms with Gasteiger partial charge >= 0.3 is 0 Å². The van der Waals surface area contributed by atoms with E-state index < -0.39 is 0 Å². The fourth-order valence-corrected chi connectivity index (χ4v) is 2.45. The predicted octanol–water partition coefficient (Wildman–Crippen LogP) is 3.42.